The van der Waals surface area contributed by atoms with Gasteiger partial charge in [0.15, 0.2) is 0 Å². The van der Waals surface area contributed by atoms with Gasteiger partial charge in [0, 0.05) is 39.1 Å². The fourth-order valence-corrected chi connectivity index (χ4v) is 2.05. The number of furan rings is 1. The molecule has 0 spiro atoms. The molecule has 0 saturated carbocycles. The van der Waals surface area contributed by atoms with E-state index in [-0.39, 0.29) is 5.91 Å². The Morgan fingerprint density at radius 2 is 2.16 bits per heavy atom. The maximum absolute atomic E-state index is 11.9. The lowest BCUT2D eigenvalue weighted by atomic mass is 10.3. The van der Waals surface area contributed by atoms with Crippen LogP contribution in [0.1, 0.15) is 12.2 Å². The van der Waals surface area contributed by atoms with Gasteiger partial charge in [-0.25, -0.2) is 0 Å². The van der Waals surface area contributed by atoms with Gasteiger partial charge in [0.2, 0.25) is 12.3 Å². The van der Waals surface area contributed by atoms with E-state index < -0.39 is 0 Å². The fourth-order valence-electron chi connectivity index (χ4n) is 2.05. The predicted molar refractivity (Wildman–Crippen MR) is 69.2 cm³/mol. The Morgan fingerprint density at radius 3 is 2.79 bits per heavy atom. The van der Waals surface area contributed by atoms with Crippen LogP contribution in [-0.2, 0) is 16.1 Å². The molecule has 0 aliphatic carbocycles. The van der Waals surface area contributed by atoms with Crippen molar-refractivity contribution in [3.63, 3.8) is 0 Å². The molecule has 1 aliphatic heterocycles. The molecule has 2 heterocycles. The normalized spacial score (nSPS) is 15.6. The quantitative estimate of drug-likeness (QED) is 0.583. The number of hydrogen-bond acceptors (Lipinski definition) is 4. The van der Waals surface area contributed by atoms with Crippen LogP contribution in [0, 0.1) is 0 Å². The van der Waals surface area contributed by atoms with Crippen molar-refractivity contribution in [1.82, 2.24) is 15.1 Å². The zero-order valence-corrected chi connectivity index (χ0v) is 10.9. The Balaban J connectivity index is 1.60. The second-order valence-corrected chi connectivity index (χ2v) is 4.53. The molecule has 0 unspecified atom stereocenters. The van der Waals surface area contributed by atoms with Crippen molar-refractivity contribution >= 4 is 12.3 Å². The van der Waals surface area contributed by atoms with E-state index in [9.17, 15) is 9.59 Å². The van der Waals surface area contributed by atoms with E-state index in [0.717, 1.165) is 12.2 Å². The molecule has 1 N–H and O–H groups in total. The summed E-state index contributed by atoms with van der Waals surface area (Å²) >= 11 is 0. The van der Waals surface area contributed by atoms with E-state index in [4.69, 9.17) is 4.42 Å². The molecule has 19 heavy (non-hydrogen) atoms. The zero-order valence-electron chi connectivity index (χ0n) is 10.9. The Bertz CT molecular complexity index is 397. The summed E-state index contributed by atoms with van der Waals surface area (Å²) in [5.41, 5.74) is 0. The van der Waals surface area contributed by atoms with E-state index in [1.807, 2.05) is 17.0 Å². The van der Waals surface area contributed by atoms with Crippen LogP contribution in [0.25, 0.3) is 0 Å². The van der Waals surface area contributed by atoms with Gasteiger partial charge in [0.05, 0.1) is 12.8 Å². The number of nitrogens with zero attached hydrogens (tertiary/aromatic N) is 2. The minimum absolute atomic E-state index is 0.137. The van der Waals surface area contributed by atoms with E-state index in [2.05, 4.69) is 5.32 Å². The molecule has 0 aromatic carbocycles. The highest BCUT2D eigenvalue weighted by Crippen LogP contribution is 2.02. The molecule has 104 valence electrons. The van der Waals surface area contributed by atoms with Gasteiger partial charge in [-0.3, -0.25) is 9.59 Å². The number of nitrogens with one attached hydrogen (secondary N) is 1. The summed E-state index contributed by atoms with van der Waals surface area (Å²) in [7, 11) is 0. The van der Waals surface area contributed by atoms with Crippen molar-refractivity contribution in [3.8, 4) is 0 Å². The van der Waals surface area contributed by atoms with Gasteiger partial charge in [-0.2, -0.15) is 0 Å². The van der Waals surface area contributed by atoms with Gasteiger partial charge in [-0.1, -0.05) is 0 Å². The maximum Gasteiger partial charge on any atom is 0.223 e. The van der Waals surface area contributed by atoms with Crippen LogP contribution in [0.3, 0.4) is 0 Å². The average molecular weight is 265 g/mol. The molecule has 1 aromatic heterocycles. The molecule has 1 saturated heterocycles. The number of carbonyl (C=O) groups excluding carboxylic acids is 2. The molecular weight excluding hydrogens is 246 g/mol. The zero-order chi connectivity index (χ0) is 13.5. The number of amides is 2. The highest BCUT2D eigenvalue weighted by Gasteiger charge is 2.19. The van der Waals surface area contributed by atoms with E-state index in [0.29, 0.717) is 45.7 Å². The van der Waals surface area contributed by atoms with Crippen molar-refractivity contribution < 1.29 is 14.0 Å². The number of carbonyl (C=O) groups is 2. The summed E-state index contributed by atoms with van der Waals surface area (Å²) in [5, 5.41) is 3.17. The first-order valence-corrected chi connectivity index (χ1v) is 6.50. The molecule has 1 aliphatic rings. The van der Waals surface area contributed by atoms with Crippen LogP contribution in [0.5, 0.6) is 0 Å². The van der Waals surface area contributed by atoms with E-state index in [1.54, 1.807) is 11.2 Å². The summed E-state index contributed by atoms with van der Waals surface area (Å²) in [6.07, 6.45) is 2.95. The Morgan fingerprint density at radius 1 is 1.37 bits per heavy atom. The summed E-state index contributed by atoms with van der Waals surface area (Å²) in [6, 6.07) is 3.74. The van der Waals surface area contributed by atoms with Crippen molar-refractivity contribution in [1.29, 1.82) is 0 Å². The highest BCUT2D eigenvalue weighted by atomic mass is 16.3. The average Bonchev–Trinajstić information content (AvgIpc) is 2.96. The molecule has 2 amide bonds. The molecule has 6 heteroatoms. The lowest BCUT2D eigenvalue weighted by molar-refractivity contribution is -0.135. The fraction of sp³-hybridized carbons (Fsp3) is 0.538. The Hall–Kier alpha value is -1.82. The molecule has 2 rings (SSSR count). The van der Waals surface area contributed by atoms with Gasteiger partial charge in [0.1, 0.15) is 5.76 Å². The van der Waals surface area contributed by atoms with Crippen LogP contribution in [0.2, 0.25) is 0 Å². The molecule has 1 aromatic rings. The van der Waals surface area contributed by atoms with Crippen LogP contribution < -0.4 is 5.32 Å². The smallest absolute Gasteiger partial charge is 0.223 e. The third kappa shape index (κ3) is 4.10. The SMILES string of the molecule is O=CN1CCN(C(=O)CCNCc2ccco2)CC1. The summed E-state index contributed by atoms with van der Waals surface area (Å²) in [4.78, 5) is 26.0. The minimum Gasteiger partial charge on any atom is -0.468 e. The lowest BCUT2D eigenvalue weighted by Gasteiger charge is -2.32. The monoisotopic (exact) mass is 265 g/mol. The summed E-state index contributed by atoms with van der Waals surface area (Å²) in [5.74, 6) is 1.00. The lowest BCUT2D eigenvalue weighted by Crippen LogP contribution is -2.48. The number of rotatable bonds is 6. The topological polar surface area (TPSA) is 65.8 Å². The molecule has 0 bridgehead atoms. The van der Waals surface area contributed by atoms with Crippen molar-refractivity contribution in [2.75, 3.05) is 32.7 Å². The van der Waals surface area contributed by atoms with Crippen LogP contribution in [0.4, 0.5) is 0 Å². The largest absolute Gasteiger partial charge is 0.468 e. The van der Waals surface area contributed by atoms with Crippen molar-refractivity contribution in [2.45, 2.75) is 13.0 Å². The Labute approximate surface area is 112 Å². The van der Waals surface area contributed by atoms with Crippen molar-refractivity contribution in [2.24, 2.45) is 0 Å². The van der Waals surface area contributed by atoms with Crippen LogP contribution >= 0.6 is 0 Å². The van der Waals surface area contributed by atoms with Crippen LogP contribution in [-0.4, -0.2) is 54.8 Å². The number of piperazine rings is 1. The van der Waals surface area contributed by atoms with Gasteiger partial charge in [-0.05, 0) is 12.1 Å². The number of hydrogen-bond donors (Lipinski definition) is 1. The first kappa shape index (κ1) is 13.6. The van der Waals surface area contributed by atoms with Gasteiger partial charge >= 0.3 is 0 Å². The third-order valence-corrected chi connectivity index (χ3v) is 3.21. The molecular formula is C13H19N3O3. The third-order valence-electron chi connectivity index (χ3n) is 3.21. The van der Waals surface area contributed by atoms with E-state index in [1.165, 1.54) is 0 Å². The first-order valence-electron chi connectivity index (χ1n) is 6.50. The van der Waals surface area contributed by atoms with Gasteiger partial charge in [-0.15, -0.1) is 0 Å². The summed E-state index contributed by atoms with van der Waals surface area (Å²) in [6.45, 7) is 3.81. The molecule has 6 nitrogen and oxygen atoms in total. The standard InChI is InChI=1S/C13H19N3O3/c17-11-15-5-7-16(8-6-15)13(18)3-4-14-10-12-2-1-9-19-12/h1-2,9,11,14H,3-8,10H2. The first-order chi connectivity index (χ1) is 9.29. The van der Waals surface area contributed by atoms with Gasteiger partial charge in [0.25, 0.3) is 0 Å². The Kier molecular flexibility index (Phi) is 4.97. The second kappa shape index (κ2) is 6.94. The highest BCUT2D eigenvalue weighted by molar-refractivity contribution is 5.76. The molecule has 0 radical (unpaired) electrons. The molecule has 0 atom stereocenters. The van der Waals surface area contributed by atoms with E-state index >= 15 is 0 Å². The maximum atomic E-state index is 11.9. The van der Waals surface area contributed by atoms with Crippen LogP contribution in [0.15, 0.2) is 22.8 Å². The second-order valence-electron chi connectivity index (χ2n) is 4.53. The minimum atomic E-state index is 0.137. The molecule has 1 fully saturated rings. The predicted octanol–water partition coefficient (Wildman–Crippen LogP) is 0.0599. The van der Waals surface area contributed by atoms with Crippen molar-refractivity contribution in [3.05, 3.63) is 24.2 Å². The van der Waals surface area contributed by atoms with Gasteiger partial charge < -0.3 is 19.5 Å². The summed E-state index contributed by atoms with van der Waals surface area (Å²) < 4.78 is 5.18.